The van der Waals surface area contributed by atoms with E-state index in [4.69, 9.17) is 10.3 Å². The Morgan fingerprint density at radius 2 is 1.93 bits per heavy atom. The van der Waals surface area contributed by atoms with Crippen LogP contribution in [0, 0.1) is 0 Å². The molecule has 2 aliphatic heterocycles. The Bertz CT molecular complexity index is 899. The van der Waals surface area contributed by atoms with Crippen LogP contribution >= 0.6 is 11.8 Å². The van der Waals surface area contributed by atoms with Gasteiger partial charge >= 0.3 is 6.09 Å². The van der Waals surface area contributed by atoms with Crippen LogP contribution in [0.15, 0.2) is 35.2 Å². The van der Waals surface area contributed by atoms with Gasteiger partial charge < -0.3 is 9.64 Å². The minimum atomic E-state index is -4.25. The first-order chi connectivity index (χ1) is 13.9. The van der Waals surface area contributed by atoms with Crippen molar-refractivity contribution < 1.29 is 28.3 Å². The number of benzene rings is 1. The smallest absolute Gasteiger partial charge is 0.411 e. The van der Waals surface area contributed by atoms with E-state index in [1.807, 2.05) is 0 Å². The summed E-state index contributed by atoms with van der Waals surface area (Å²) in [5.41, 5.74) is -0.807. The summed E-state index contributed by atoms with van der Waals surface area (Å²) in [6, 6.07) is 6.46. The first-order valence-corrected chi connectivity index (χ1v) is 11.8. The number of nitrogens with zero attached hydrogens (tertiary/aromatic N) is 2. The molecule has 0 saturated carbocycles. The van der Waals surface area contributed by atoms with E-state index in [0.29, 0.717) is 12.4 Å². The van der Waals surface area contributed by atoms with Crippen LogP contribution in [0.1, 0.15) is 28.6 Å². The lowest BCUT2D eigenvalue weighted by Crippen LogP contribution is -2.48. The van der Waals surface area contributed by atoms with E-state index in [0.717, 1.165) is 10.7 Å². The summed E-state index contributed by atoms with van der Waals surface area (Å²) in [6.07, 6.45) is -3.04. The van der Waals surface area contributed by atoms with Crippen molar-refractivity contribution >= 4 is 33.9 Å². The summed E-state index contributed by atoms with van der Waals surface area (Å²) in [7, 11) is -4.25. The van der Waals surface area contributed by atoms with Crippen molar-refractivity contribution in [3.63, 3.8) is 0 Å². The molecule has 0 spiro atoms. The predicted molar refractivity (Wildman–Crippen MR) is 109 cm³/mol. The second-order valence-electron chi connectivity index (χ2n) is 7.86. The number of ether oxygens (including phenoxy) is 1. The number of carbonyl (C=O) groups is 2. The van der Waals surface area contributed by atoms with Gasteiger partial charge in [-0.3, -0.25) is 13.9 Å². The minimum absolute atomic E-state index is 0.0915. The summed E-state index contributed by atoms with van der Waals surface area (Å²) in [5, 5.41) is 0. The van der Waals surface area contributed by atoms with E-state index in [1.165, 1.54) is 12.1 Å². The Morgan fingerprint density at radius 1 is 1.24 bits per heavy atom. The lowest BCUT2D eigenvalue weighted by Gasteiger charge is -2.29. The molecule has 0 radical (unpaired) electrons. The van der Waals surface area contributed by atoms with E-state index in [1.54, 1.807) is 55.6 Å². The van der Waals surface area contributed by atoms with Crippen LogP contribution < -0.4 is 0 Å². The largest absolute Gasteiger partial charge is 0.444 e. The summed E-state index contributed by atoms with van der Waals surface area (Å²) in [4.78, 5) is 28.4. The summed E-state index contributed by atoms with van der Waals surface area (Å²) in [6.45, 7) is 5.22. The Morgan fingerprint density at radius 3 is 2.52 bits per heavy atom. The van der Waals surface area contributed by atoms with Gasteiger partial charge in [0.2, 0.25) is 5.91 Å². The van der Waals surface area contributed by atoms with Crippen LogP contribution in [-0.4, -0.2) is 72.7 Å². The van der Waals surface area contributed by atoms with Gasteiger partial charge in [0.1, 0.15) is 11.6 Å². The SMILES string of the molecule is [2H][C@@]1(OS(=O)(=O)c2ccccc2)CC(C(=O)N2CCSC2)N(C(=O)OC(C)(C)C)C1. The molecule has 1 aromatic carbocycles. The van der Waals surface area contributed by atoms with Crippen LogP contribution in [0.2, 0.25) is 0 Å². The Hall–Kier alpha value is -1.78. The number of likely N-dealkylation sites (tertiary alicyclic amines) is 1. The highest BCUT2D eigenvalue weighted by molar-refractivity contribution is 7.99. The average molecular weight is 444 g/mol. The molecule has 8 nitrogen and oxygen atoms in total. The topological polar surface area (TPSA) is 93.2 Å². The molecule has 2 fully saturated rings. The van der Waals surface area contributed by atoms with Crippen molar-refractivity contribution in [1.29, 1.82) is 0 Å². The van der Waals surface area contributed by atoms with Gasteiger partial charge in [-0.1, -0.05) is 18.2 Å². The van der Waals surface area contributed by atoms with Crippen LogP contribution in [0.5, 0.6) is 0 Å². The van der Waals surface area contributed by atoms with E-state index >= 15 is 0 Å². The lowest BCUT2D eigenvalue weighted by atomic mass is 10.1. The van der Waals surface area contributed by atoms with Gasteiger partial charge in [-0.25, -0.2) is 4.79 Å². The van der Waals surface area contributed by atoms with Crippen molar-refractivity contribution in [1.82, 2.24) is 9.80 Å². The van der Waals surface area contributed by atoms with Gasteiger partial charge in [0.05, 0.1) is 24.8 Å². The van der Waals surface area contributed by atoms with Gasteiger partial charge in [-0.05, 0) is 32.9 Å². The predicted octanol–water partition coefficient (Wildman–Crippen LogP) is 2.30. The third-order valence-corrected chi connectivity index (χ3v) is 6.65. The molecule has 0 aliphatic carbocycles. The van der Waals surface area contributed by atoms with Gasteiger partial charge in [0.25, 0.3) is 10.1 Å². The molecule has 0 N–H and O–H groups in total. The molecule has 1 unspecified atom stereocenters. The van der Waals surface area contributed by atoms with E-state index in [2.05, 4.69) is 0 Å². The molecule has 1 aromatic rings. The van der Waals surface area contributed by atoms with Crippen molar-refractivity contribution in [2.45, 2.75) is 49.8 Å². The highest BCUT2D eigenvalue weighted by atomic mass is 32.2. The molecule has 3 rings (SSSR count). The van der Waals surface area contributed by atoms with E-state index in [9.17, 15) is 18.0 Å². The van der Waals surface area contributed by atoms with Crippen molar-refractivity contribution in [2.24, 2.45) is 0 Å². The quantitative estimate of drug-likeness (QED) is 0.659. The second kappa shape index (κ2) is 8.53. The molecule has 2 heterocycles. The fourth-order valence-corrected chi connectivity index (χ4v) is 5.05. The van der Waals surface area contributed by atoms with Crippen molar-refractivity contribution in [2.75, 3.05) is 24.7 Å². The number of thioether (sulfide) groups is 1. The first kappa shape index (κ1) is 20.5. The highest BCUT2D eigenvalue weighted by Crippen LogP contribution is 2.28. The monoisotopic (exact) mass is 443 g/mol. The molecule has 0 bridgehead atoms. The molecule has 2 atom stereocenters. The zero-order chi connectivity index (χ0) is 22.2. The zero-order valence-corrected chi connectivity index (χ0v) is 18.3. The fourth-order valence-electron chi connectivity index (χ4n) is 3.07. The Labute approximate surface area is 177 Å². The number of rotatable bonds is 4. The van der Waals surface area contributed by atoms with E-state index in [-0.39, 0.29) is 17.2 Å². The highest BCUT2D eigenvalue weighted by Gasteiger charge is 2.45. The van der Waals surface area contributed by atoms with Gasteiger partial charge in [0.15, 0.2) is 0 Å². The van der Waals surface area contributed by atoms with Crippen LogP contribution in [0.25, 0.3) is 0 Å². The Balaban J connectivity index is 1.85. The molecular formula is C19H26N2O6S2. The molecule has 2 amide bonds. The maximum absolute atomic E-state index is 13.0. The number of carbonyl (C=O) groups excluding carboxylic acids is 2. The standard InChI is InChI=1S/C19H26N2O6S2/c1-19(2,3)26-18(23)21-12-14(11-16(21)17(22)20-9-10-28-13-20)27-29(24,25)15-7-5-4-6-8-15/h4-8,14,16H,9-13H2,1-3H3/t14-,16?/m1/s1/i14D. The zero-order valence-electron chi connectivity index (χ0n) is 17.7. The van der Waals surface area contributed by atoms with Crippen molar-refractivity contribution in [3.05, 3.63) is 30.3 Å². The second-order valence-corrected chi connectivity index (χ2v) is 10.5. The first-order valence-electron chi connectivity index (χ1n) is 9.77. The van der Waals surface area contributed by atoms with Crippen LogP contribution in [0.4, 0.5) is 4.79 Å². The third kappa shape index (κ3) is 5.43. The van der Waals surface area contributed by atoms with E-state index < -0.39 is 40.5 Å². The van der Waals surface area contributed by atoms with Crippen molar-refractivity contribution in [3.8, 4) is 0 Å². The fraction of sp³-hybridized carbons (Fsp3) is 0.579. The normalized spacial score (nSPS) is 25.8. The molecule has 10 heteroatoms. The molecule has 0 aromatic heterocycles. The van der Waals surface area contributed by atoms with Gasteiger partial charge in [-0.2, -0.15) is 8.42 Å². The summed E-state index contributed by atoms with van der Waals surface area (Å²) >= 11 is 1.59. The molecule has 2 saturated heterocycles. The molecule has 160 valence electrons. The molecule has 29 heavy (non-hydrogen) atoms. The molecule has 2 aliphatic rings. The average Bonchev–Trinajstić information content (AvgIpc) is 3.28. The maximum atomic E-state index is 13.0. The third-order valence-electron chi connectivity index (χ3n) is 4.38. The number of hydrogen-bond donors (Lipinski definition) is 0. The van der Waals surface area contributed by atoms with Crippen LogP contribution in [0.3, 0.4) is 0 Å². The summed E-state index contributed by atoms with van der Waals surface area (Å²) in [5.74, 6) is 0.947. The number of amides is 2. The molecular weight excluding hydrogens is 416 g/mol. The summed E-state index contributed by atoms with van der Waals surface area (Å²) < 4.78 is 44.6. The maximum Gasteiger partial charge on any atom is 0.411 e. The Kier molecular flexibility index (Phi) is 6.03. The van der Waals surface area contributed by atoms with Gasteiger partial charge in [0, 0.05) is 18.7 Å². The van der Waals surface area contributed by atoms with Gasteiger partial charge in [-0.15, -0.1) is 11.8 Å². The minimum Gasteiger partial charge on any atom is -0.444 e. The van der Waals surface area contributed by atoms with Crippen LogP contribution in [-0.2, 0) is 23.8 Å². The number of hydrogen-bond acceptors (Lipinski definition) is 7. The lowest BCUT2D eigenvalue weighted by molar-refractivity contribution is -0.134.